The van der Waals surface area contributed by atoms with E-state index in [0.717, 1.165) is 11.3 Å². The quantitative estimate of drug-likeness (QED) is 0.608. The van der Waals surface area contributed by atoms with Gasteiger partial charge in [-0.15, -0.1) is 0 Å². The lowest BCUT2D eigenvalue weighted by Gasteiger charge is -2.20. The summed E-state index contributed by atoms with van der Waals surface area (Å²) in [4.78, 5) is 0. The molecule has 0 bridgehead atoms. The molecule has 0 saturated carbocycles. The third kappa shape index (κ3) is 1.10. The minimum absolute atomic E-state index is 0.437. The second-order valence-corrected chi connectivity index (χ2v) is 2.54. The SMILES string of the molecule is O[C]1CCOc2ccccc21. The van der Waals surface area contributed by atoms with Crippen LogP contribution >= 0.6 is 0 Å². The van der Waals surface area contributed by atoms with Crippen LogP contribution in [-0.2, 0) is 0 Å². The topological polar surface area (TPSA) is 29.5 Å². The Morgan fingerprint density at radius 3 is 2.91 bits per heavy atom. The summed E-state index contributed by atoms with van der Waals surface area (Å²) >= 11 is 0. The Morgan fingerprint density at radius 2 is 2.09 bits per heavy atom. The van der Waals surface area contributed by atoms with E-state index in [1.807, 2.05) is 24.3 Å². The van der Waals surface area contributed by atoms with Gasteiger partial charge in [0.05, 0.1) is 6.61 Å². The minimum Gasteiger partial charge on any atom is -0.493 e. The van der Waals surface area contributed by atoms with Crippen molar-refractivity contribution in [2.24, 2.45) is 0 Å². The van der Waals surface area contributed by atoms with E-state index in [4.69, 9.17) is 4.74 Å². The van der Waals surface area contributed by atoms with E-state index >= 15 is 0 Å². The van der Waals surface area contributed by atoms with Crippen LogP contribution in [0, 0.1) is 6.10 Å². The molecule has 0 spiro atoms. The molecule has 57 valence electrons. The first-order valence-corrected chi connectivity index (χ1v) is 3.65. The first-order valence-electron chi connectivity index (χ1n) is 3.65. The van der Waals surface area contributed by atoms with Gasteiger partial charge in [0.15, 0.2) is 0 Å². The zero-order valence-electron chi connectivity index (χ0n) is 6.08. The summed E-state index contributed by atoms with van der Waals surface area (Å²) in [5, 5.41) is 9.40. The van der Waals surface area contributed by atoms with Crippen LogP contribution in [0.25, 0.3) is 0 Å². The predicted octanol–water partition coefficient (Wildman–Crippen LogP) is 1.72. The van der Waals surface area contributed by atoms with Gasteiger partial charge in [-0.3, -0.25) is 0 Å². The maximum absolute atomic E-state index is 9.40. The molecule has 1 radical (unpaired) electrons. The molecular formula is C9H9O2. The minimum atomic E-state index is 0.437. The molecule has 2 rings (SSSR count). The van der Waals surface area contributed by atoms with Gasteiger partial charge in [-0.05, 0) is 6.07 Å². The highest BCUT2D eigenvalue weighted by Crippen LogP contribution is 2.30. The van der Waals surface area contributed by atoms with Gasteiger partial charge in [0.2, 0.25) is 0 Å². The van der Waals surface area contributed by atoms with Gasteiger partial charge in [-0.25, -0.2) is 0 Å². The largest absolute Gasteiger partial charge is 0.493 e. The van der Waals surface area contributed by atoms with Crippen LogP contribution in [0.2, 0.25) is 0 Å². The zero-order valence-corrected chi connectivity index (χ0v) is 6.08. The number of hydrogen-bond donors (Lipinski definition) is 1. The molecule has 0 unspecified atom stereocenters. The molecule has 1 aromatic carbocycles. The molecule has 11 heavy (non-hydrogen) atoms. The van der Waals surface area contributed by atoms with Crippen molar-refractivity contribution in [2.75, 3.05) is 6.61 Å². The van der Waals surface area contributed by atoms with Gasteiger partial charge < -0.3 is 9.84 Å². The fraction of sp³-hybridized carbons (Fsp3) is 0.222. The normalized spacial score (nSPS) is 17.2. The van der Waals surface area contributed by atoms with Crippen molar-refractivity contribution in [2.45, 2.75) is 6.42 Å². The van der Waals surface area contributed by atoms with Crippen molar-refractivity contribution in [1.82, 2.24) is 0 Å². The zero-order chi connectivity index (χ0) is 7.68. The highest BCUT2D eigenvalue weighted by Gasteiger charge is 2.18. The lowest BCUT2D eigenvalue weighted by molar-refractivity contribution is 0.219. The van der Waals surface area contributed by atoms with Crippen molar-refractivity contribution >= 4 is 0 Å². The molecule has 1 heterocycles. The summed E-state index contributed by atoms with van der Waals surface area (Å²) in [6, 6.07) is 7.52. The van der Waals surface area contributed by atoms with Crippen LogP contribution in [0.15, 0.2) is 24.3 Å². The van der Waals surface area contributed by atoms with E-state index < -0.39 is 0 Å². The second-order valence-electron chi connectivity index (χ2n) is 2.54. The number of benzene rings is 1. The number of aliphatic hydroxyl groups excluding tert-OH is 1. The molecule has 2 heteroatoms. The number of fused-ring (bicyclic) bond motifs is 1. The van der Waals surface area contributed by atoms with E-state index in [9.17, 15) is 5.11 Å². The van der Waals surface area contributed by atoms with Crippen LogP contribution < -0.4 is 4.74 Å². The molecule has 0 aromatic heterocycles. The maximum atomic E-state index is 9.40. The fourth-order valence-corrected chi connectivity index (χ4v) is 1.22. The van der Waals surface area contributed by atoms with Crippen LogP contribution in [0.1, 0.15) is 12.0 Å². The highest BCUT2D eigenvalue weighted by molar-refractivity contribution is 5.42. The number of rotatable bonds is 0. The van der Waals surface area contributed by atoms with Crippen LogP contribution in [0.3, 0.4) is 0 Å². The standard InChI is InChI=1S/C9H9O2/c10-8-5-6-11-9-4-2-1-3-7(8)9/h1-4,10H,5-6H2. The summed E-state index contributed by atoms with van der Waals surface area (Å²) in [6.07, 6.45) is 1.06. The van der Waals surface area contributed by atoms with Crippen molar-refractivity contribution < 1.29 is 9.84 Å². The van der Waals surface area contributed by atoms with Gasteiger partial charge >= 0.3 is 0 Å². The summed E-state index contributed by atoms with van der Waals surface area (Å²) in [5.41, 5.74) is 0.832. The van der Waals surface area contributed by atoms with Gasteiger partial charge in [0.25, 0.3) is 0 Å². The maximum Gasteiger partial charge on any atom is 0.129 e. The molecule has 1 aromatic rings. The Labute approximate surface area is 65.4 Å². The van der Waals surface area contributed by atoms with Gasteiger partial charge in [0.1, 0.15) is 11.9 Å². The lowest BCUT2D eigenvalue weighted by Crippen LogP contribution is -2.13. The van der Waals surface area contributed by atoms with E-state index in [2.05, 4.69) is 0 Å². The predicted molar refractivity (Wildman–Crippen MR) is 40.8 cm³/mol. The third-order valence-corrected chi connectivity index (χ3v) is 1.79. The monoisotopic (exact) mass is 149 g/mol. The number of hydrogen-bond acceptors (Lipinski definition) is 2. The Hall–Kier alpha value is -1.02. The van der Waals surface area contributed by atoms with Gasteiger partial charge in [-0.2, -0.15) is 0 Å². The van der Waals surface area contributed by atoms with E-state index in [0.29, 0.717) is 19.1 Å². The molecule has 0 atom stereocenters. The molecular weight excluding hydrogens is 140 g/mol. The van der Waals surface area contributed by atoms with Gasteiger partial charge in [-0.1, -0.05) is 18.2 Å². The first-order chi connectivity index (χ1) is 5.38. The first kappa shape index (κ1) is 6.68. The number of ether oxygens (including phenoxy) is 1. The number of aliphatic hydroxyl groups is 1. The summed E-state index contributed by atoms with van der Waals surface area (Å²) in [7, 11) is 0. The molecule has 1 aliphatic rings. The third-order valence-electron chi connectivity index (χ3n) is 1.79. The molecule has 0 amide bonds. The van der Waals surface area contributed by atoms with Crippen LogP contribution in [0.4, 0.5) is 0 Å². The molecule has 2 nitrogen and oxygen atoms in total. The van der Waals surface area contributed by atoms with E-state index in [-0.39, 0.29) is 0 Å². The molecule has 1 N–H and O–H groups in total. The summed E-state index contributed by atoms with van der Waals surface area (Å²) in [6.45, 7) is 0.586. The average molecular weight is 149 g/mol. The van der Waals surface area contributed by atoms with Crippen molar-refractivity contribution in [1.29, 1.82) is 0 Å². The second kappa shape index (κ2) is 2.55. The highest BCUT2D eigenvalue weighted by atomic mass is 16.5. The number of para-hydroxylation sites is 1. The van der Waals surface area contributed by atoms with Crippen molar-refractivity contribution in [3.63, 3.8) is 0 Å². The fourth-order valence-electron chi connectivity index (χ4n) is 1.22. The average Bonchev–Trinajstić information content (AvgIpc) is 2.06. The van der Waals surface area contributed by atoms with E-state index in [1.54, 1.807) is 0 Å². The van der Waals surface area contributed by atoms with Crippen molar-refractivity contribution in [3.8, 4) is 5.75 Å². The van der Waals surface area contributed by atoms with Crippen molar-refractivity contribution in [3.05, 3.63) is 35.9 Å². The Morgan fingerprint density at radius 1 is 1.27 bits per heavy atom. The summed E-state index contributed by atoms with van der Waals surface area (Å²) < 4.78 is 5.31. The molecule has 0 fully saturated rings. The van der Waals surface area contributed by atoms with E-state index in [1.165, 1.54) is 0 Å². The Kier molecular flexibility index (Phi) is 1.55. The molecule has 0 aliphatic carbocycles. The Bertz CT molecular complexity index is 257. The molecule has 1 aliphatic heterocycles. The van der Waals surface area contributed by atoms with Crippen LogP contribution in [0.5, 0.6) is 5.75 Å². The Balaban J connectivity index is 2.44. The van der Waals surface area contributed by atoms with Crippen LogP contribution in [-0.4, -0.2) is 11.7 Å². The summed E-state index contributed by atoms with van der Waals surface area (Å²) in [5.74, 6) is 0.788. The molecule has 0 saturated heterocycles. The smallest absolute Gasteiger partial charge is 0.129 e. The van der Waals surface area contributed by atoms with Gasteiger partial charge in [0, 0.05) is 12.0 Å². The lowest BCUT2D eigenvalue weighted by atomic mass is 10.0.